The average Bonchev–Trinajstić information content (AvgIpc) is 2.69. The molecule has 1 fully saturated rings. The van der Waals surface area contributed by atoms with Gasteiger partial charge in [0.1, 0.15) is 0 Å². The quantitative estimate of drug-likeness (QED) is 0.811. The molecule has 1 aliphatic rings. The Balaban J connectivity index is 1.95. The molecule has 22 heavy (non-hydrogen) atoms. The number of hydrogen-bond acceptors (Lipinski definition) is 4. The summed E-state index contributed by atoms with van der Waals surface area (Å²) < 4.78 is 62.1. The molecule has 1 saturated heterocycles. The lowest BCUT2D eigenvalue weighted by atomic mass is 10.0. The van der Waals surface area contributed by atoms with Gasteiger partial charge in [-0.3, -0.25) is 4.79 Å². The van der Waals surface area contributed by atoms with E-state index in [0.29, 0.717) is 6.42 Å². The Morgan fingerprint density at radius 1 is 1.27 bits per heavy atom. The van der Waals surface area contributed by atoms with Crippen LogP contribution in [0.2, 0.25) is 0 Å². The fraction of sp³-hybridized carbons (Fsp3) is 0.462. The van der Waals surface area contributed by atoms with E-state index >= 15 is 0 Å². The van der Waals surface area contributed by atoms with Gasteiger partial charge in [0.15, 0.2) is 27.3 Å². The van der Waals surface area contributed by atoms with E-state index < -0.39 is 45.3 Å². The van der Waals surface area contributed by atoms with Crippen LogP contribution in [0.4, 0.5) is 18.9 Å². The van der Waals surface area contributed by atoms with E-state index in [9.17, 15) is 26.4 Å². The van der Waals surface area contributed by atoms with Crippen molar-refractivity contribution in [1.29, 1.82) is 0 Å². The number of amides is 1. The SMILES string of the molecule is CC1(NC(=O)CNc2ccc(F)c(F)c2F)CCS(=O)(=O)C1. The van der Waals surface area contributed by atoms with Crippen LogP contribution in [0, 0.1) is 17.5 Å². The van der Waals surface area contributed by atoms with Crippen LogP contribution in [0.1, 0.15) is 13.3 Å². The lowest BCUT2D eigenvalue weighted by Gasteiger charge is -2.24. The Morgan fingerprint density at radius 2 is 1.95 bits per heavy atom. The minimum atomic E-state index is -3.17. The first kappa shape index (κ1) is 16.6. The van der Waals surface area contributed by atoms with Crippen molar-refractivity contribution in [2.45, 2.75) is 18.9 Å². The molecular formula is C13H15F3N2O3S. The molecule has 2 N–H and O–H groups in total. The molecule has 122 valence electrons. The zero-order chi connectivity index (χ0) is 16.5. The molecule has 2 rings (SSSR count). The molecule has 5 nitrogen and oxygen atoms in total. The summed E-state index contributed by atoms with van der Waals surface area (Å²) in [6.07, 6.45) is 0.292. The monoisotopic (exact) mass is 336 g/mol. The highest BCUT2D eigenvalue weighted by Gasteiger charge is 2.39. The summed E-state index contributed by atoms with van der Waals surface area (Å²) in [6, 6.07) is 1.71. The van der Waals surface area contributed by atoms with E-state index in [4.69, 9.17) is 0 Å². The Labute approximate surface area is 125 Å². The number of carbonyl (C=O) groups is 1. The maximum Gasteiger partial charge on any atom is 0.239 e. The van der Waals surface area contributed by atoms with Crippen LogP contribution < -0.4 is 10.6 Å². The largest absolute Gasteiger partial charge is 0.374 e. The van der Waals surface area contributed by atoms with E-state index in [1.807, 2.05) is 0 Å². The molecular weight excluding hydrogens is 321 g/mol. The molecule has 1 heterocycles. The summed E-state index contributed by atoms with van der Waals surface area (Å²) in [4.78, 5) is 11.8. The molecule has 1 aromatic carbocycles. The van der Waals surface area contributed by atoms with Crippen molar-refractivity contribution in [3.63, 3.8) is 0 Å². The van der Waals surface area contributed by atoms with Crippen molar-refractivity contribution in [2.24, 2.45) is 0 Å². The van der Waals surface area contributed by atoms with Crippen molar-refractivity contribution in [3.05, 3.63) is 29.6 Å². The van der Waals surface area contributed by atoms with Gasteiger partial charge >= 0.3 is 0 Å². The molecule has 1 amide bonds. The molecule has 1 aromatic rings. The highest BCUT2D eigenvalue weighted by molar-refractivity contribution is 7.91. The van der Waals surface area contributed by atoms with Crippen molar-refractivity contribution >= 4 is 21.4 Å². The molecule has 0 aromatic heterocycles. The second-order valence-corrected chi connectivity index (χ2v) is 7.71. The van der Waals surface area contributed by atoms with E-state index in [1.165, 1.54) is 0 Å². The van der Waals surface area contributed by atoms with E-state index in [1.54, 1.807) is 6.92 Å². The van der Waals surface area contributed by atoms with Gasteiger partial charge in [-0.15, -0.1) is 0 Å². The van der Waals surface area contributed by atoms with Gasteiger partial charge in [-0.05, 0) is 25.5 Å². The van der Waals surface area contributed by atoms with Crippen molar-refractivity contribution in [1.82, 2.24) is 5.32 Å². The highest BCUT2D eigenvalue weighted by atomic mass is 32.2. The predicted octanol–water partition coefficient (Wildman–Crippen LogP) is 1.21. The van der Waals surface area contributed by atoms with E-state index in [-0.39, 0.29) is 17.2 Å². The van der Waals surface area contributed by atoms with Gasteiger partial charge in [0.25, 0.3) is 0 Å². The lowest BCUT2D eigenvalue weighted by Crippen LogP contribution is -2.48. The topological polar surface area (TPSA) is 75.3 Å². The van der Waals surface area contributed by atoms with Gasteiger partial charge < -0.3 is 10.6 Å². The number of halogens is 3. The maximum absolute atomic E-state index is 13.4. The number of rotatable bonds is 4. The third-order valence-corrected chi connectivity index (χ3v) is 5.32. The van der Waals surface area contributed by atoms with Crippen LogP contribution in [-0.2, 0) is 14.6 Å². The Bertz CT molecular complexity index is 709. The minimum absolute atomic E-state index is 0.00495. The van der Waals surface area contributed by atoms with Gasteiger partial charge in [-0.2, -0.15) is 0 Å². The Hall–Kier alpha value is -1.77. The summed E-state index contributed by atoms with van der Waals surface area (Å²) >= 11 is 0. The molecule has 0 bridgehead atoms. The number of nitrogens with one attached hydrogen (secondary N) is 2. The van der Waals surface area contributed by atoms with Crippen molar-refractivity contribution in [2.75, 3.05) is 23.4 Å². The standard InChI is InChI=1S/C13H15F3N2O3S/c1-13(4-5-22(20,21)7-13)18-10(19)6-17-9-3-2-8(14)11(15)12(9)16/h2-3,17H,4-7H2,1H3,(H,18,19). The van der Waals surface area contributed by atoms with Crippen molar-refractivity contribution < 1.29 is 26.4 Å². The Kier molecular flexibility index (Phi) is 4.37. The number of carbonyl (C=O) groups excluding carboxylic acids is 1. The number of sulfone groups is 1. The van der Waals surface area contributed by atoms with Crippen LogP contribution in [0.5, 0.6) is 0 Å². The second-order valence-electron chi connectivity index (χ2n) is 5.53. The van der Waals surface area contributed by atoms with Crippen LogP contribution in [-0.4, -0.2) is 37.9 Å². The fourth-order valence-corrected chi connectivity index (χ4v) is 4.42. The summed E-state index contributed by atoms with van der Waals surface area (Å²) in [7, 11) is -3.17. The summed E-state index contributed by atoms with van der Waals surface area (Å²) in [5, 5.41) is 4.91. The summed E-state index contributed by atoms with van der Waals surface area (Å²) in [5.41, 5.74) is -1.22. The normalized spacial score (nSPS) is 23.3. The third kappa shape index (κ3) is 3.70. The third-order valence-electron chi connectivity index (χ3n) is 3.42. The molecule has 9 heteroatoms. The first-order valence-corrected chi connectivity index (χ1v) is 8.33. The zero-order valence-electron chi connectivity index (χ0n) is 11.8. The van der Waals surface area contributed by atoms with Crippen LogP contribution >= 0.6 is 0 Å². The predicted molar refractivity (Wildman–Crippen MR) is 74.6 cm³/mol. The van der Waals surface area contributed by atoms with Crippen LogP contribution in [0.25, 0.3) is 0 Å². The number of benzene rings is 1. The molecule has 0 saturated carbocycles. The first-order valence-electron chi connectivity index (χ1n) is 6.51. The van der Waals surface area contributed by atoms with E-state index in [2.05, 4.69) is 10.6 Å². The van der Waals surface area contributed by atoms with E-state index in [0.717, 1.165) is 12.1 Å². The smallest absolute Gasteiger partial charge is 0.239 e. The van der Waals surface area contributed by atoms with Gasteiger partial charge in [-0.1, -0.05) is 0 Å². The lowest BCUT2D eigenvalue weighted by molar-refractivity contribution is -0.120. The van der Waals surface area contributed by atoms with Gasteiger partial charge in [0, 0.05) is 0 Å². The van der Waals surface area contributed by atoms with Gasteiger partial charge in [-0.25, -0.2) is 21.6 Å². The minimum Gasteiger partial charge on any atom is -0.374 e. The van der Waals surface area contributed by atoms with Crippen molar-refractivity contribution in [3.8, 4) is 0 Å². The Morgan fingerprint density at radius 3 is 2.55 bits per heavy atom. The van der Waals surface area contributed by atoms with Crippen LogP contribution in [0.3, 0.4) is 0 Å². The fourth-order valence-electron chi connectivity index (χ4n) is 2.33. The molecule has 0 aliphatic carbocycles. The summed E-state index contributed by atoms with van der Waals surface area (Å²) in [5.74, 6) is -5.10. The van der Waals surface area contributed by atoms with Gasteiger partial charge in [0.05, 0.1) is 29.3 Å². The average molecular weight is 336 g/mol. The molecule has 0 spiro atoms. The molecule has 1 aliphatic heterocycles. The maximum atomic E-state index is 13.4. The molecule has 1 atom stereocenters. The second kappa shape index (κ2) is 5.79. The first-order chi connectivity index (χ1) is 10.1. The summed E-state index contributed by atoms with van der Waals surface area (Å²) in [6.45, 7) is 1.21. The molecule has 0 radical (unpaired) electrons. The number of anilines is 1. The molecule has 1 unspecified atom stereocenters. The highest BCUT2D eigenvalue weighted by Crippen LogP contribution is 2.23. The number of hydrogen-bond donors (Lipinski definition) is 2. The van der Waals surface area contributed by atoms with Gasteiger partial charge in [0.2, 0.25) is 5.91 Å². The zero-order valence-corrected chi connectivity index (χ0v) is 12.6. The van der Waals surface area contributed by atoms with Crippen LogP contribution in [0.15, 0.2) is 12.1 Å².